The molecule has 0 saturated carbocycles. The summed E-state index contributed by atoms with van der Waals surface area (Å²) in [5, 5.41) is 1.96. The van der Waals surface area contributed by atoms with E-state index in [2.05, 4.69) is 24.9 Å². The van der Waals surface area contributed by atoms with E-state index < -0.39 is 0 Å². The van der Waals surface area contributed by atoms with Crippen molar-refractivity contribution in [3.05, 3.63) is 66.0 Å². The molecular weight excluding hydrogens is 452 g/mol. The van der Waals surface area contributed by atoms with Crippen LogP contribution in [0.4, 0.5) is 0 Å². The highest BCUT2D eigenvalue weighted by Crippen LogP contribution is 2.57. The monoisotopic (exact) mass is 486 g/mol. The van der Waals surface area contributed by atoms with Crippen molar-refractivity contribution in [3.8, 4) is 11.5 Å². The molecule has 36 heavy (non-hydrogen) atoms. The number of para-hydroxylation sites is 1. The van der Waals surface area contributed by atoms with E-state index in [0.29, 0.717) is 18.9 Å². The van der Waals surface area contributed by atoms with Crippen LogP contribution in [0.25, 0.3) is 10.8 Å². The van der Waals surface area contributed by atoms with Gasteiger partial charge in [0.15, 0.2) is 11.5 Å². The Balaban J connectivity index is 1.20. The van der Waals surface area contributed by atoms with Crippen LogP contribution in [0.15, 0.2) is 54.7 Å². The van der Waals surface area contributed by atoms with Crippen molar-refractivity contribution < 1.29 is 19.0 Å². The van der Waals surface area contributed by atoms with Gasteiger partial charge in [-0.1, -0.05) is 36.4 Å². The van der Waals surface area contributed by atoms with Gasteiger partial charge >= 0.3 is 0 Å². The lowest BCUT2D eigenvalue weighted by molar-refractivity contribution is -0.173. The lowest BCUT2D eigenvalue weighted by Crippen LogP contribution is -2.54. The number of carbonyl (C=O) groups excluding carboxylic acids is 1. The predicted octanol–water partition coefficient (Wildman–Crippen LogP) is 5.80. The molecule has 6 heteroatoms. The maximum atomic E-state index is 13.4. The Morgan fingerprint density at radius 3 is 2.72 bits per heavy atom. The Morgan fingerprint density at radius 1 is 1.11 bits per heavy atom. The molecule has 3 aliphatic heterocycles. The van der Waals surface area contributed by atoms with Crippen LogP contribution in [-0.2, 0) is 4.74 Å². The van der Waals surface area contributed by atoms with E-state index >= 15 is 0 Å². The van der Waals surface area contributed by atoms with Gasteiger partial charge in [-0.2, -0.15) is 0 Å². The second-order valence-electron chi connectivity index (χ2n) is 11.0. The molecule has 1 amide bonds. The van der Waals surface area contributed by atoms with Gasteiger partial charge in [0.05, 0.1) is 19.3 Å². The average Bonchev–Trinajstić information content (AvgIpc) is 2.89. The molecule has 3 aromatic rings. The predicted molar refractivity (Wildman–Crippen MR) is 138 cm³/mol. The summed E-state index contributed by atoms with van der Waals surface area (Å²) >= 11 is 0. The summed E-state index contributed by atoms with van der Waals surface area (Å²) in [6, 6.07) is 16.0. The van der Waals surface area contributed by atoms with Crippen LogP contribution in [0.5, 0.6) is 11.5 Å². The second kappa shape index (κ2) is 8.77. The summed E-state index contributed by atoms with van der Waals surface area (Å²) in [6.07, 6.45) is 4.60. The number of pyridine rings is 1. The minimum Gasteiger partial charge on any atom is -0.490 e. The van der Waals surface area contributed by atoms with Crippen LogP contribution in [0.3, 0.4) is 0 Å². The van der Waals surface area contributed by atoms with Crippen molar-refractivity contribution >= 4 is 16.7 Å². The number of benzene rings is 2. The third-order valence-corrected chi connectivity index (χ3v) is 8.45. The molecule has 0 bridgehead atoms. The van der Waals surface area contributed by atoms with Crippen molar-refractivity contribution in [2.24, 2.45) is 11.3 Å². The molecular formula is C30H34N2O4. The number of hydrogen-bond acceptors (Lipinski definition) is 5. The van der Waals surface area contributed by atoms with Gasteiger partial charge in [0.25, 0.3) is 5.91 Å². The lowest BCUT2D eigenvalue weighted by atomic mass is 9.64. The van der Waals surface area contributed by atoms with Crippen LogP contribution in [0.1, 0.15) is 62.2 Å². The van der Waals surface area contributed by atoms with Gasteiger partial charge in [-0.3, -0.25) is 9.78 Å². The molecule has 6 rings (SSSR count). The Kier molecular flexibility index (Phi) is 5.67. The summed E-state index contributed by atoms with van der Waals surface area (Å²) in [7, 11) is 0. The van der Waals surface area contributed by atoms with Crippen LogP contribution < -0.4 is 9.47 Å². The maximum absolute atomic E-state index is 13.4. The quantitative estimate of drug-likeness (QED) is 0.468. The van der Waals surface area contributed by atoms with E-state index in [1.165, 1.54) is 0 Å². The number of rotatable bonds is 3. The first kappa shape index (κ1) is 23.3. The highest BCUT2D eigenvalue weighted by atomic mass is 16.5. The number of carbonyl (C=O) groups is 1. The van der Waals surface area contributed by atoms with Gasteiger partial charge in [-0.15, -0.1) is 0 Å². The minimum absolute atomic E-state index is 0.00525. The molecule has 1 aromatic heterocycles. The summed E-state index contributed by atoms with van der Waals surface area (Å²) in [5.74, 6) is 1.87. The van der Waals surface area contributed by atoms with E-state index in [-0.39, 0.29) is 28.9 Å². The molecule has 0 aliphatic carbocycles. The van der Waals surface area contributed by atoms with Gasteiger partial charge in [-0.25, -0.2) is 0 Å². The van der Waals surface area contributed by atoms with Crippen molar-refractivity contribution in [1.29, 1.82) is 0 Å². The van der Waals surface area contributed by atoms with Crippen LogP contribution in [0, 0.1) is 11.3 Å². The van der Waals surface area contributed by atoms with E-state index in [1.54, 1.807) is 6.20 Å². The fourth-order valence-corrected chi connectivity index (χ4v) is 6.38. The number of nitrogens with zero attached hydrogens (tertiary/aromatic N) is 2. The van der Waals surface area contributed by atoms with Crippen LogP contribution in [0.2, 0.25) is 0 Å². The topological polar surface area (TPSA) is 60.9 Å². The summed E-state index contributed by atoms with van der Waals surface area (Å²) in [6.45, 7) is 9.07. The number of likely N-dealkylation sites (tertiary alicyclic amines) is 1. The Hall–Kier alpha value is -3.12. The summed E-state index contributed by atoms with van der Waals surface area (Å²) in [4.78, 5) is 19.9. The molecule has 3 aliphatic rings. The zero-order chi connectivity index (χ0) is 24.9. The van der Waals surface area contributed by atoms with Crippen molar-refractivity contribution in [1.82, 2.24) is 9.88 Å². The highest BCUT2D eigenvalue weighted by Gasteiger charge is 2.53. The molecule has 2 saturated heterocycles. The van der Waals surface area contributed by atoms with Gasteiger partial charge in [0.2, 0.25) is 0 Å². The first-order chi connectivity index (χ1) is 17.4. The minimum atomic E-state index is -0.377. The molecule has 0 N–H and O–H groups in total. The van der Waals surface area contributed by atoms with Gasteiger partial charge in [0.1, 0.15) is 11.3 Å². The van der Waals surface area contributed by atoms with Crippen molar-refractivity contribution in [2.75, 3.05) is 26.3 Å². The van der Waals surface area contributed by atoms with E-state index in [1.807, 2.05) is 54.3 Å². The molecule has 0 radical (unpaired) electrons. The third kappa shape index (κ3) is 3.83. The van der Waals surface area contributed by atoms with Gasteiger partial charge < -0.3 is 19.1 Å². The maximum Gasteiger partial charge on any atom is 0.273 e. The van der Waals surface area contributed by atoms with E-state index in [0.717, 1.165) is 60.2 Å². The first-order valence-electron chi connectivity index (χ1n) is 13.1. The molecule has 1 spiro atoms. The van der Waals surface area contributed by atoms with E-state index in [9.17, 15) is 4.79 Å². The highest BCUT2D eigenvalue weighted by molar-refractivity contribution is 6.05. The second-order valence-corrected chi connectivity index (χ2v) is 11.0. The number of amides is 1. The van der Waals surface area contributed by atoms with E-state index in [4.69, 9.17) is 14.2 Å². The number of aromatic nitrogens is 1. The standard InChI is InChI=1S/C30H34N2O4/c1-4-34-24-11-7-10-22-26-23(29(2,3)36-27(22)24)18-30(19-35-26)13-16-32(17-14-30)28(33)25-21-9-6-5-8-20(21)12-15-31-25/h5-12,15,23,26H,4,13-14,16-19H2,1-3H3/t23-,26+/m0/s1. The Morgan fingerprint density at radius 2 is 1.92 bits per heavy atom. The van der Waals surface area contributed by atoms with Gasteiger partial charge in [-0.05, 0) is 63.0 Å². The lowest BCUT2D eigenvalue weighted by Gasteiger charge is -2.54. The number of fused-ring (bicyclic) bond motifs is 4. The number of hydrogen-bond donors (Lipinski definition) is 0. The number of piperidine rings is 1. The van der Waals surface area contributed by atoms with Crippen molar-refractivity contribution in [3.63, 3.8) is 0 Å². The molecule has 6 nitrogen and oxygen atoms in total. The van der Waals surface area contributed by atoms with Gasteiger partial charge in [0, 0.05) is 36.2 Å². The first-order valence-corrected chi connectivity index (χ1v) is 13.1. The smallest absolute Gasteiger partial charge is 0.273 e. The largest absolute Gasteiger partial charge is 0.490 e. The molecule has 4 heterocycles. The normalized spacial score (nSPS) is 24.0. The Labute approximate surface area is 212 Å². The zero-order valence-corrected chi connectivity index (χ0v) is 21.3. The zero-order valence-electron chi connectivity index (χ0n) is 21.3. The Bertz CT molecular complexity index is 1290. The van der Waals surface area contributed by atoms with Crippen molar-refractivity contribution in [2.45, 2.75) is 51.7 Å². The molecule has 188 valence electrons. The fraction of sp³-hybridized carbons (Fsp3) is 0.467. The van der Waals surface area contributed by atoms with Crippen LogP contribution >= 0.6 is 0 Å². The summed E-state index contributed by atoms with van der Waals surface area (Å²) < 4.78 is 19.1. The molecule has 2 aromatic carbocycles. The molecule has 0 unspecified atom stereocenters. The number of ether oxygens (including phenoxy) is 3. The molecule has 2 atom stereocenters. The molecule has 2 fully saturated rings. The summed E-state index contributed by atoms with van der Waals surface area (Å²) in [5.41, 5.74) is 1.32. The SMILES string of the molecule is CCOc1cccc2c1OC(C)(C)[C@H]1CC3(CCN(C(=O)c4nccc5ccccc45)CC3)CO[C@H]21. The average molecular weight is 487 g/mol. The fourth-order valence-electron chi connectivity index (χ4n) is 6.38. The van der Waals surface area contributed by atoms with Crippen LogP contribution in [-0.4, -0.2) is 47.7 Å². The third-order valence-electron chi connectivity index (χ3n) is 8.45.